The van der Waals surface area contributed by atoms with Crippen LogP contribution in [0, 0.1) is 11.8 Å². The predicted molar refractivity (Wildman–Crippen MR) is 87.7 cm³/mol. The molecule has 2 amide bonds. The van der Waals surface area contributed by atoms with Crippen LogP contribution in [0.4, 0.5) is 4.79 Å². The third-order valence-corrected chi connectivity index (χ3v) is 4.30. The highest BCUT2D eigenvalue weighted by Crippen LogP contribution is 2.23. The van der Waals surface area contributed by atoms with Gasteiger partial charge in [-0.25, -0.2) is 9.69 Å². The lowest BCUT2D eigenvalue weighted by molar-refractivity contribution is -0.139. The van der Waals surface area contributed by atoms with Gasteiger partial charge in [-0.1, -0.05) is 26.0 Å². The van der Waals surface area contributed by atoms with Gasteiger partial charge in [0, 0.05) is 6.42 Å². The molecule has 0 aromatic heterocycles. The normalized spacial score (nSPS) is 18.5. The SMILES string of the molecule is COc1ccc(CC(=O)C(C)C(=O)N2C(=O)OCC2C(C)C)cc1. The van der Waals surface area contributed by atoms with E-state index in [2.05, 4.69) is 0 Å². The number of hydrogen-bond donors (Lipinski definition) is 0. The van der Waals surface area contributed by atoms with Crippen molar-refractivity contribution in [2.24, 2.45) is 11.8 Å². The second-order valence-corrected chi connectivity index (χ2v) is 6.31. The number of amides is 2. The van der Waals surface area contributed by atoms with Crippen LogP contribution in [0.2, 0.25) is 0 Å². The van der Waals surface area contributed by atoms with E-state index in [0.29, 0.717) is 5.75 Å². The molecule has 0 bridgehead atoms. The molecule has 2 atom stereocenters. The first-order valence-corrected chi connectivity index (χ1v) is 8.00. The van der Waals surface area contributed by atoms with Gasteiger partial charge in [-0.3, -0.25) is 9.59 Å². The van der Waals surface area contributed by atoms with Crippen molar-refractivity contribution >= 4 is 17.8 Å². The van der Waals surface area contributed by atoms with Gasteiger partial charge < -0.3 is 9.47 Å². The van der Waals surface area contributed by atoms with Crippen molar-refractivity contribution in [2.75, 3.05) is 13.7 Å². The van der Waals surface area contributed by atoms with Crippen LogP contribution in [-0.4, -0.2) is 42.4 Å². The Bertz CT molecular complexity index is 623. The lowest BCUT2D eigenvalue weighted by Crippen LogP contribution is -2.46. The van der Waals surface area contributed by atoms with Crippen LogP contribution in [0.1, 0.15) is 26.3 Å². The summed E-state index contributed by atoms with van der Waals surface area (Å²) in [5.41, 5.74) is 0.796. The van der Waals surface area contributed by atoms with Gasteiger partial charge in [-0.05, 0) is 30.5 Å². The molecule has 130 valence electrons. The van der Waals surface area contributed by atoms with Crippen LogP contribution < -0.4 is 4.74 Å². The van der Waals surface area contributed by atoms with E-state index < -0.39 is 17.9 Å². The largest absolute Gasteiger partial charge is 0.497 e. The number of carbonyl (C=O) groups excluding carboxylic acids is 3. The summed E-state index contributed by atoms with van der Waals surface area (Å²) in [6, 6.07) is 6.79. The Balaban J connectivity index is 2.05. The van der Waals surface area contributed by atoms with Gasteiger partial charge >= 0.3 is 6.09 Å². The molecule has 6 nitrogen and oxygen atoms in total. The summed E-state index contributed by atoms with van der Waals surface area (Å²) in [6.07, 6.45) is -0.533. The summed E-state index contributed by atoms with van der Waals surface area (Å²) < 4.78 is 10.1. The average molecular weight is 333 g/mol. The van der Waals surface area contributed by atoms with E-state index in [1.807, 2.05) is 13.8 Å². The molecule has 1 heterocycles. The van der Waals surface area contributed by atoms with Gasteiger partial charge in [-0.2, -0.15) is 0 Å². The third-order valence-electron chi connectivity index (χ3n) is 4.30. The van der Waals surface area contributed by atoms with Crippen molar-refractivity contribution in [2.45, 2.75) is 33.2 Å². The van der Waals surface area contributed by atoms with Gasteiger partial charge in [0.15, 0.2) is 0 Å². The van der Waals surface area contributed by atoms with Crippen molar-refractivity contribution in [1.82, 2.24) is 4.90 Å². The lowest BCUT2D eigenvalue weighted by Gasteiger charge is -2.24. The first-order chi connectivity index (χ1) is 11.3. The minimum absolute atomic E-state index is 0.0734. The van der Waals surface area contributed by atoms with Crippen LogP contribution in [0.15, 0.2) is 24.3 Å². The van der Waals surface area contributed by atoms with E-state index >= 15 is 0 Å². The molecule has 6 heteroatoms. The van der Waals surface area contributed by atoms with Gasteiger partial charge in [0.2, 0.25) is 5.91 Å². The Labute approximate surface area is 141 Å². The standard InChI is InChI=1S/C18H23NO5/c1-11(2)15-10-24-18(22)19(15)17(21)12(3)16(20)9-13-5-7-14(23-4)8-6-13/h5-8,11-12,15H,9-10H2,1-4H3. The molecule has 24 heavy (non-hydrogen) atoms. The molecule has 0 radical (unpaired) electrons. The number of Topliss-reactive ketones (excluding diaryl/α,β-unsaturated/α-hetero) is 1. The lowest BCUT2D eigenvalue weighted by atomic mass is 9.96. The van der Waals surface area contributed by atoms with Gasteiger partial charge in [0.25, 0.3) is 0 Å². The van der Waals surface area contributed by atoms with Crippen molar-refractivity contribution in [3.05, 3.63) is 29.8 Å². The third kappa shape index (κ3) is 3.75. The highest BCUT2D eigenvalue weighted by atomic mass is 16.6. The van der Waals surface area contributed by atoms with Crippen molar-refractivity contribution in [3.63, 3.8) is 0 Å². The highest BCUT2D eigenvalue weighted by molar-refractivity contribution is 6.06. The molecule has 0 N–H and O–H groups in total. The smallest absolute Gasteiger partial charge is 0.417 e. The maximum atomic E-state index is 12.6. The molecule has 0 aliphatic carbocycles. The second kappa shape index (κ2) is 7.47. The Morgan fingerprint density at radius 1 is 1.25 bits per heavy atom. The zero-order valence-electron chi connectivity index (χ0n) is 14.4. The van der Waals surface area contributed by atoms with E-state index in [0.717, 1.165) is 10.5 Å². The highest BCUT2D eigenvalue weighted by Gasteiger charge is 2.42. The van der Waals surface area contributed by atoms with E-state index in [1.165, 1.54) is 6.92 Å². The Hall–Kier alpha value is -2.37. The van der Waals surface area contributed by atoms with E-state index in [9.17, 15) is 14.4 Å². The summed E-state index contributed by atoms with van der Waals surface area (Å²) in [4.78, 5) is 37.9. The number of ether oxygens (including phenoxy) is 2. The fourth-order valence-electron chi connectivity index (χ4n) is 2.62. The molecule has 1 aromatic rings. The monoisotopic (exact) mass is 333 g/mol. The number of nitrogens with zero attached hydrogens (tertiary/aromatic N) is 1. The van der Waals surface area contributed by atoms with Crippen LogP contribution in [-0.2, 0) is 20.7 Å². The number of carbonyl (C=O) groups is 3. The molecule has 1 fully saturated rings. The summed E-state index contributed by atoms with van der Waals surface area (Å²) in [5.74, 6) is -0.833. The van der Waals surface area contributed by atoms with E-state index in [-0.39, 0.29) is 30.8 Å². The van der Waals surface area contributed by atoms with Crippen LogP contribution in [0.3, 0.4) is 0 Å². The molecule has 0 saturated carbocycles. The molecular formula is C18H23NO5. The number of ketones is 1. The number of methoxy groups -OCH3 is 1. The van der Waals surface area contributed by atoms with E-state index in [4.69, 9.17) is 9.47 Å². The number of imide groups is 1. The topological polar surface area (TPSA) is 72.9 Å². The van der Waals surface area contributed by atoms with Crippen LogP contribution in [0.25, 0.3) is 0 Å². The summed E-state index contributed by atoms with van der Waals surface area (Å²) in [6.45, 7) is 5.55. The molecule has 2 unspecified atom stereocenters. The van der Waals surface area contributed by atoms with Gasteiger partial charge in [0.1, 0.15) is 18.1 Å². The van der Waals surface area contributed by atoms with Crippen molar-refractivity contribution in [3.8, 4) is 5.75 Å². The molecule has 1 aliphatic heterocycles. The number of hydrogen-bond acceptors (Lipinski definition) is 5. The maximum absolute atomic E-state index is 12.6. The maximum Gasteiger partial charge on any atom is 0.417 e. The molecule has 0 spiro atoms. The minimum atomic E-state index is -0.890. The molecule has 1 aromatic carbocycles. The van der Waals surface area contributed by atoms with Gasteiger partial charge in [-0.15, -0.1) is 0 Å². The van der Waals surface area contributed by atoms with Crippen LogP contribution in [0.5, 0.6) is 5.75 Å². The molecule has 2 rings (SSSR count). The first kappa shape index (κ1) is 18.0. The van der Waals surface area contributed by atoms with Crippen LogP contribution >= 0.6 is 0 Å². The van der Waals surface area contributed by atoms with E-state index in [1.54, 1.807) is 31.4 Å². The summed E-state index contributed by atoms with van der Waals surface area (Å²) in [5, 5.41) is 0. The quantitative estimate of drug-likeness (QED) is 0.748. The number of cyclic esters (lactones) is 1. The first-order valence-electron chi connectivity index (χ1n) is 8.00. The predicted octanol–water partition coefficient (Wildman–Crippen LogP) is 2.45. The zero-order chi connectivity index (χ0) is 17.9. The zero-order valence-corrected chi connectivity index (χ0v) is 14.4. The van der Waals surface area contributed by atoms with Gasteiger partial charge in [0.05, 0.1) is 19.1 Å². The second-order valence-electron chi connectivity index (χ2n) is 6.31. The molecule has 1 aliphatic rings. The Morgan fingerprint density at radius 2 is 1.88 bits per heavy atom. The van der Waals surface area contributed by atoms with Crippen molar-refractivity contribution < 1.29 is 23.9 Å². The number of benzene rings is 1. The summed E-state index contributed by atoms with van der Waals surface area (Å²) >= 11 is 0. The molecule has 1 saturated heterocycles. The minimum Gasteiger partial charge on any atom is -0.497 e. The Morgan fingerprint density at radius 3 is 2.42 bits per heavy atom. The molecular weight excluding hydrogens is 310 g/mol. The van der Waals surface area contributed by atoms with Crippen molar-refractivity contribution in [1.29, 1.82) is 0 Å². The average Bonchev–Trinajstić information content (AvgIpc) is 2.96. The summed E-state index contributed by atoms with van der Waals surface area (Å²) in [7, 11) is 1.57. The number of rotatable bonds is 6. The fraction of sp³-hybridized carbons (Fsp3) is 0.500. The Kier molecular flexibility index (Phi) is 5.59. The fourth-order valence-corrected chi connectivity index (χ4v) is 2.62.